The first-order valence-electron chi connectivity index (χ1n) is 3.70. The predicted molar refractivity (Wildman–Crippen MR) is 57.6 cm³/mol. The van der Waals surface area contributed by atoms with Crippen molar-refractivity contribution >= 4 is 31.9 Å². The fourth-order valence-corrected chi connectivity index (χ4v) is 2.14. The Kier molecular flexibility index (Phi) is 3.18. The first-order chi connectivity index (χ1) is 5.52. The molecule has 0 fully saturated rings. The van der Waals surface area contributed by atoms with Gasteiger partial charge in [-0.15, -0.1) is 0 Å². The van der Waals surface area contributed by atoms with Gasteiger partial charge >= 0.3 is 0 Å². The molecule has 0 aliphatic heterocycles. The van der Waals surface area contributed by atoms with E-state index in [0.717, 1.165) is 8.95 Å². The molecule has 1 rings (SSSR count). The number of benzene rings is 1. The van der Waals surface area contributed by atoms with Crippen LogP contribution in [0.25, 0.3) is 0 Å². The molecule has 0 atom stereocenters. The van der Waals surface area contributed by atoms with Gasteiger partial charge in [0.25, 0.3) is 0 Å². The highest BCUT2D eigenvalue weighted by Gasteiger charge is 2.08. The van der Waals surface area contributed by atoms with E-state index < -0.39 is 0 Å². The zero-order valence-electron chi connectivity index (χ0n) is 6.94. The number of hydrogen-bond acceptors (Lipinski definition) is 1. The third-order valence-corrected chi connectivity index (χ3v) is 3.01. The van der Waals surface area contributed by atoms with E-state index in [-0.39, 0.29) is 5.75 Å². The minimum atomic E-state index is 0.270. The first kappa shape index (κ1) is 10.1. The molecule has 0 amide bonds. The van der Waals surface area contributed by atoms with E-state index in [1.54, 1.807) is 6.07 Å². The van der Waals surface area contributed by atoms with Crippen LogP contribution >= 0.6 is 31.9 Å². The summed E-state index contributed by atoms with van der Waals surface area (Å²) >= 11 is 6.68. The predicted octanol–water partition coefficient (Wildman–Crippen LogP) is 4.04. The van der Waals surface area contributed by atoms with Gasteiger partial charge in [0, 0.05) is 4.47 Å². The van der Waals surface area contributed by atoms with Gasteiger partial charge in [-0.1, -0.05) is 29.8 Å². The molecule has 1 aromatic carbocycles. The lowest BCUT2D eigenvalue weighted by Crippen LogP contribution is -1.88. The topological polar surface area (TPSA) is 20.2 Å². The van der Waals surface area contributed by atoms with Crippen LogP contribution in [0, 0.1) is 0 Å². The summed E-state index contributed by atoms with van der Waals surface area (Å²) in [7, 11) is 0. The zero-order chi connectivity index (χ0) is 9.30. The molecule has 0 saturated heterocycles. The third-order valence-electron chi connectivity index (χ3n) is 1.69. The lowest BCUT2D eigenvalue weighted by Gasteiger charge is -2.09. The molecular formula is C9H10Br2O. The first-order valence-corrected chi connectivity index (χ1v) is 5.29. The third kappa shape index (κ3) is 2.02. The van der Waals surface area contributed by atoms with Crippen molar-refractivity contribution in [2.75, 3.05) is 0 Å². The van der Waals surface area contributed by atoms with Crippen LogP contribution in [0.3, 0.4) is 0 Å². The number of phenols is 1. The van der Waals surface area contributed by atoms with Gasteiger partial charge in [-0.25, -0.2) is 0 Å². The van der Waals surface area contributed by atoms with Crippen molar-refractivity contribution in [2.45, 2.75) is 19.8 Å². The molecule has 0 aromatic heterocycles. The monoisotopic (exact) mass is 292 g/mol. The van der Waals surface area contributed by atoms with Crippen molar-refractivity contribution in [3.05, 3.63) is 26.6 Å². The molecule has 0 heterocycles. The van der Waals surface area contributed by atoms with Crippen LogP contribution in [0.4, 0.5) is 0 Å². The van der Waals surface area contributed by atoms with Gasteiger partial charge in [-0.3, -0.25) is 0 Å². The molecule has 0 unspecified atom stereocenters. The second-order valence-corrected chi connectivity index (χ2v) is 4.69. The Balaban J connectivity index is 3.23. The summed E-state index contributed by atoms with van der Waals surface area (Å²) in [6.07, 6.45) is 0. The highest BCUT2D eigenvalue weighted by Crippen LogP contribution is 2.33. The molecule has 1 aromatic rings. The SMILES string of the molecule is CC(C)c1cc(Br)c(O)cc1Br. The molecule has 0 spiro atoms. The summed E-state index contributed by atoms with van der Waals surface area (Å²) in [4.78, 5) is 0. The Labute approximate surface area is 89.1 Å². The summed E-state index contributed by atoms with van der Waals surface area (Å²) in [5, 5.41) is 9.33. The van der Waals surface area contributed by atoms with E-state index >= 15 is 0 Å². The van der Waals surface area contributed by atoms with Gasteiger partial charge in [0.1, 0.15) is 5.75 Å². The second-order valence-electron chi connectivity index (χ2n) is 2.98. The lowest BCUT2D eigenvalue weighted by atomic mass is 10.0. The number of halogens is 2. The Morgan fingerprint density at radius 1 is 1.17 bits per heavy atom. The van der Waals surface area contributed by atoms with E-state index in [4.69, 9.17) is 0 Å². The normalized spacial score (nSPS) is 10.8. The van der Waals surface area contributed by atoms with Crippen molar-refractivity contribution in [1.82, 2.24) is 0 Å². The molecule has 1 nitrogen and oxygen atoms in total. The van der Waals surface area contributed by atoms with Crippen LogP contribution < -0.4 is 0 Å². The van der Waals surface area contributed by atoms with Gasteiger partial charge in [-0.05, 0) is 39.5 Å². The van der Waals surface area contributed by atoms with Crippen LogP contribution in [0.5, 0.6) is 5.75 Å². The summed E-state index contributed by atoms with van der Waals surface area (Å²) in [6, 6.07) is 3.64. The number of rotatable bonds is 1. The van der Waals surface area contributed by atoms with Gasteiger partial charge in [0.2, 0.25) is 0 Å². The highest BCUT2D eigenvalue weighted by molar-refractivity contribution is 9.11. The second kappa shape index (κ2) is 3.79. The highest BCUT2D eigenvalue weighted by atomic mass is 79.9. The van der Waals surface area contributed by atoms with Crippen molar-refractivity contribution in [1.29, 1.82) is 0 Å². The van der Waals surface area contributed by atoms with E-state index in [9.17, 15) is 5.11 Å². The minimum absolute atomic E-state index is 0.270. The molecule has 0 saturated carbocycles. The number of aromatic hydroxyl groups is 1. The van der Waals surface area contributed by atoms with Crippen LogP contribution in [0.15, 0.2) is 21.1 Å². The van der Waals surface area contributed by atoms with Crippen LogP contribution in [0.2, 0.25) is 0 Å². The van der Waals surface area contributed by atoms with Crippen molar-refractivity contribution in [3.8, 4) is 5.75 Å². The van der Waals surface area contributed by atoms with E-state index in [1.165, 1.54) is 5.56 Å². The Morgan fingerprint density at radius 2 is 1.75 bits per heavy atom. The number of phenolic OH excluding ortho intramolecular Hbond substituents is 1. The Hall–Kier alpha value is -0.0200. The largest absolute Gasteiger partial charge is 0.507 e. The Morgan fingerprint density at radius 3 is 2.25 bits per heavy atom. The van der Waals surface area contributed by atoms with E-state index in [1.807, 2.05) is 6.07 Å². The molecule has 0 aliphatic rings. The fourth-order valence-electron chi connectivity index (χ4n) is 0.994. The average molecular weight is 294 g/mol. The summed E-state index contributed by atoms with van der Waals surface area (Å²) in [6.45, 7) is 4.23. The summed E-state index contributed by atoms with van der Waals surface area (Å²) in [5.41, 5.74) is 1.19. The van der Waals surface area contributed by atoms with E-state index in [0.29, 0.717) is 5.92 Å². The standard InChI is InChI=1S/C9H10Br2O/c1-5(2)6-3-8(11)9(12)4-7(6)10/h3-5,12H,1-2H3. The van der Waals surface area contributed by atoms with Crippen LogP contribution in [-0.2, 0) is 0 Å². The van der Waals surface area contributed by atoms with Crippen LogP contribution in [0.1, 0.15) is 25.3 Å². The van der Waals surface area contributed by atoms with E-state index in [2.05, 4.69) is 45.7 Å². The minimum Gasteiger partial charge on any atom is -0.507 e. The smallest absolute Gasteiger partial charge is 0.130 e. The van der Waals surface area contributed by atoms with Gasteiger partial charge < -0.3 is 5.11 Å². The molecule has 1 N–H and O–H groups in total. The van der Waals surface area contributed by atoms with Gasteiger partial charge in [0.15, 0.2) is 0 Å². The molecular weight excluding hydrogens is 284 g/mol. The molecule has 0 bridgehead atoms. The number of hydrogen-bond donors (Lipinski definition) is 1. The molecule has 0 radical (unpaired) electrons. The zero-order valence-corrected chi connectivity index (χ0v) is 10.1. The maximum Gasteiger partial charge on any atom is 0.130 e. The van der Waals surface area contributed by atoms with Crippen molar-refractivity contribution in [3.63, 3.8) is 0 Å². The Bertz CT molecular complexity index is 295. The molecule has 66 valence electrons. The molecule has 0 aliphatic carbocycles. The molecule has 12 heavy (non-hydrogen) atoms. The summed E-state index contributed by atoms with van der Waals surface area (Å²) in [5.74, 6) is 0.725. The maximum atomic E-state index is 9.33. The van der Waals surface area contributed by atoms with Crippen molar-refractivity contribution in [2.24, 2.45) is 0 Å². The van der Waals surface area contributed by atoms with Gasteiger partial charge in [0.05, 0.1) is 4.47 Å². The summed E-state index contributed by atoms with van der Waals surface area (Å²) < 4.78 is 1.70. The van der Waals surface area contributed by atoms with Crippen molar-refractivity contribution < 1.29 is 5.11 Å². The quantitative estimate of drug-likeness (QED) is 0.828. The maximum absolute atomic E-state index is 9.33. The fraction of sp³-hybridized carbons (Fsp3) is 0.333. The van der Waals surface area contributed by atoms with Gasteiger partial charge in [-0.2, -0.15) is 0 Å². The lowest BCUT2D eigenvalue weighted by molar-refractivity contribution is 0.471. The average Bonchev–Trinajstić information content (AvgIpc) is 1.96. The molecule has 3 heteroatoms. The van der Waals surface area contributed by atoms with Crippen LogP contribution in [-0.4, -0.2) is 5.11 Å².